The van der Waals surface area contributed by atoms with Gasteiger partial charge in [-0.15, -0.1) is 0 Å². The van der Waals surface area contributed by atoms with Crippen LogP contribution < -0.4 is 0 Å². The van der Waals surface area contributed by atoms with Crippen molar-refractivity contribution < 1.29 is 4.84 Å². The normalized spacial score (nSPS) is 11.3. The van der Waals surface area contributed by atoms with Crippen LogP contribution in [0.25, 0.3) is 0 Å². The van der Waals surface area contributed by atoms with E-state index in [1.165, 1.54) is 5.56 Å². The first-order valence-corrected chi connectivity index (χ1v) is 6.12. The zero-order valence-corrected chi connectivity index (χ0v) is 10.5. The van der Waals surface area contributed by atoms with Crippen molar-refractivity contribution in [3.63, 3.8) is 0 Å². The van der Waals surface area contributed by atoms with Crippen LogP contribution in [0.15, 0.2) is 65.8 Å². The van der Waals surface area contributed by atoms with Crippen molar-refractivity contribution in [1.82, 2.24) is 0 Å². The largest absolute Gasteiger partial charge is 0.395 e. The third kappa shape index (κ3) is 3.74. The van der Waals surface area contributed by atoms with E-state index in [1.807, 2.05) is 55.5 Å². The van der Waals surface area contributed by atoms with Gasteiger partial charge in [0.1, 0.15) is 6.61 Å². The van der Waals surface area contributed by atoms with E-state index in [2.05, 4.69) is 17.3 Å². The summed E-state index contributed by atoms with van der Waals surface area (Å²) in [7, 11) is 0. The Morgan fingerprint density at radius 3 is 2.22 bits per heavy atom. The summed E-state index contributed by atoms with van der Waals surface area (Å²) in [6, 6.07) is 20.3. The minimum Gasteiger partial charge on any atom is -0.395 e. The lowest BCUT2D eigenvalue weighted by Crippen LogP contribution is -1.99. The number of oxime groups is 1. The third-order valence-electron chi connectivity index (χ3n) is 2.72. The molecule has 0 spiro atoms. The predicted molar refractivity (Wildman–Crippen MR) is 74.8 cm³/mol. The molecule has 2 nitrogen and oxygen atoms in total. The summed E-state index contributed by atoms with van der Waals surface area (Å²) in [6.45, 7) is 2.56. The first-order valence-electron chi connectivity index (χ1n) is 6.12. The van der Waals surface area contributed by atoms with E-state index in [9.17, 15) is 0 Å². The molecule has 0 aliphatic carbocycles. The molecule has 0 bridgehead atoms. The van der Waals surface area contributed by atoms with Gasteiger partial charge in [-0.25, -0.2) is 0 Å². The highest BCUT2D eigenvalue weighted by Gasteiger charge is 1.96. The topological polar surface area (TPSA) is 21.6 Å². The monoisotopic (exact) mass is 239 g/mol. The van der Waals surface area contributed by atoms with Crippen LogP contribution in [0, 0.1) is 0 Å². The van der Waals surface area contributed by atoms with Crippen molar-refractivity contribution in [2.45, 2.75) is 13.3 Å². The maximum atomic E-state index is 5.34. The lowest BCUT2D eigenvalue weighted by atomic mass is 10.1. The maximum absolute atomic E-state index is 5.34. The fourth-order valence-electron chi connectivity index (χ4n) is 1.68. The van der Waals surface area contributed by atoms with E-state index >= 15 is 0 Å². The molecule has 0 atom stereocenters. The summed E-state index contributed by atoms with van der Waals surface area (Å²) >= 11 is 0. The average molecular weight is 239 g/mol. The zero-order chi connectivity index (χ0) is 12.6. The van der Waals surface area contributed by atoms with Crippen molar-refractivity contribution in [1.29, 1.82) is 0 Å². The molecule has 2 heteroatoms. The third-order valence-corrected chi connectivity index (χ3v) is 2.72. The van der Waals surface area contributed by atoms with Crippen LogP contribution in [0.4, 0.5) is 0 Å². The van der Waals surface area contributed by atoms with Gasteiger partial charge in [0.05, 0.1) is 5.71 Å². The number of benzene rings is 2. The lowest BCUT2D eigenvalue weighted by Gasteiger charge is -2.02. The van der Waals surface area contributed by atoms with Crippen molar-refractivity contribution in [2.24, 2.45) is 5.16 Å². The van der Waals surface area contributed by atoms with Gasteiger partial charge in [0.2, 0.25) is 0 Å². The Balaban J connectivity index is 1.81. The fraction of sp³-hybridized carbons (Fsp3) is 0.188. The summed E-state index contributed by atoms with van der Waals surface area (Å²) in [5.41, 5.74) is 3.27. The second kappa shape index (κ2) is 6.60. The highest BCUT2D eigenvalue weighted by Crippen LogP contribution is 2.02. The second-order valence-electron chi connectivity index (χ2n) is 4.11. The van der Waals surface area contributed by atoms with E-state index in [0.29, 0.717) is 6.61 Å². The Kier molecular flexibility index (Phi) is 4.53. The molecule has 0 unspecified atom stereocenters. The molecular weight excluding hydrogens is 222 g/mol. The molecule has 0 heterocycles. The molecule has 0 N–H and O–H groups in total. The number of hydrogen-bond acceptors (Lipinski definition) is 2. The summed E-state index contributed by atoms with van der Waals surface area (Å²) in [4.78, 5) is 5.34. The molecule has 0 amide bonds. The zero-order valence-electron chi connectivity index (χ0n) is 10.5. The van der Waals surface area contributed by atoms with Gasteiger partial charge < -0.3 is 4.84 Å². The lowest BCUT2D eigenvalue weighted by molar-refractivity contribution is 0.147. The molecule has 0 radical (unpaired) electrons. The second-order valence-corrected chi connectivity index (χ2v) is 4.11. The highest BCUT2D eigenvalue weighted by molar-refractivity contribution is 5.98. The van der Waals surface area contributed by atoms with Crippen molar-refractivity contribution in [3.05, 3.63) is 71.8 Å². The molecule has 0 fully saturated rings. The van der Waals surface area contributed by atoms with Gasteiger partial charge in [-0.3, -0.25) is 0 Å². The average Bonchev–Trinajstić information content (AvgIpc) is 2.45. The minimum absolute atomic E-state index is 0.605. The van der Waals surface area contributed by atoms with Crippen LogP contribution >= 0.6 is 0 Å². The molecule has 18 heavy (non-hydrogen) atoms. The van der Waals surface area contributed by atoms with E-state index in [1.54, 1.807) is 0 Å². The van der Waals surface area contributed by atoms with Crippen LogP contribution in [0.3, 0.4) is 0 Å². The molecule has 2 rings (SSSR count). The Hall–Kier alpha value is -2.09. The first kappa shape index (κ1) is 12.4. The number of hydrogen-bond donors (Lipinski definition) is 0. The van der Waals surface area contributed by atoms with Crippen LogP contribution in [0.5, 0.6) is 0 Å². The van der Waals surface area contributed by atoms with E-state index < -0.39 is 0 Å². The standard InChI is InChI=1S/C16H17NO/c1-14(16-10-6-3-7-11-16)17-18-13-12-15-8-4-2-5-9-15/h2-11H,12-13H2,1H3/b17-14+. The van der Waals surface area contributed by atoms with Gasteiger partial charge in [0.15, 0.2) is 0 Å². The van der Waals surface area contributed by atoms with Crippen LogP contribution in [-0.4, -0.2) is 12.3 Å². The number of rotatable bonds is 5. The van der Waals surface area contributed by atoms with Crippen LogP contribution in [-0.2, 0) is 11.3 Å². The first-order chi connectivity index (χ1) is 8.86. The molecule has 0 aliphatic heterocycles. The molecular formula is C16H17NO. The molecule has 2 aromatic carbocycles. The van der Waals surface area contributed by atoms with Gasteiger partial charge in [0.25, 0.3) is 0 Å². The summed E-state index contributed by atoms with van der Waals surface area (Å²) < 4.78 is 0. The molecule has 0 saturated heterocycles. The molecule has 0 aromatic heterocycles. The van der Waals surface area contributed by atoms with Gasteiger partial charge in [-0.2, -0.15) is 0 Å². The minimum atomic E-state index is 0.605. The molecule has 92 valence electrons. The van der Waals surface area contributed by atoms with E-state index in [4.69, 9.17) is 4.84 Å². The molecule has 0 saturated carbocycles. The summed E-state index contributed by atoms with van der Waals surface area (Å²) in [5.74, 6) is 0. The van der Waals surface area contributed by atoms with Gasteiger partial charge >= 0.3 is 0 Å². The highest BCUT2D eigenvalue weighted by atomic mass is 16.6. The Labute approximate surface area is 108 Å². The number of nitrogens with zero attached hydrogens (tertiary/aromatic N) is 1. The Bertz CT molecular complexity index is 491. The smallest absolute Gasteiger partial charge is 0.121 e. The van der Waals surface area contributed by atoms with Gasteiger partial charge in [-0.1, -0.05) is 65.8 Å². The Morgan fingerprint density at radius 2 is 1.56 bits per heavy atom. The van der Waals surface area contributed by atoms with Crippen molar-refractivity contribution in [3.8, 4) is 0 Å². The van der Waals surface area contributed by atoms with Crippen LogP contribution in [0.2, 0.25) is 0 Å². The van der Waals surface area contributed by atoms with Crippen molar-refractivity contribution in [2.75, 3.05) is 6.61 Å². The van der Waals surface area contributed by atoms with Crippen LogP contribution in [0.1, 0.15) is 18.1 Å². The fourth-order valence-corrected chi connectivity index (χ4v) is 1.68. The Morgan fingerprint density at radius 1 is 0.944 bits per heavy atom. The van der Waals surface area contributed by atoms with E-state index in [-0.39, 0.29) is 0 Å². The SMILES string of the molecule is C/C(=N\OCCc1ccccc1)c1ccccc1. The van der Waals surface area contributed by atoms with Gasteiger partial charge in [-0.05, 0) is 18.1 Å². The quantitative estimate of drug-likeness (QED) is 0.443. The molecule has 2 aromatic rings. The summed E-state index contributed by atoms with van der Waals surface area (Å²) in [6.07, 6.45) is 0.881. The van der Waals surface area contributed by atoms with Crippen molar-refractivity contribution >= 4 is 5.71 Å². The molecule has 0 aliphatic rings. The maximum Gasteiger partial charge on any atom is 0.121 e. The van der Waals surface area contributed by atoms with E-state index in [0.717, 1.165) is 17.7 Å². The summed E-state index contributed by atoms with van der Waals surface area (Å²) in [5, 5.41) is 4.13. The predicted octanol–water partition coefficient (Wildman–Crippen LogP) is 3.67. The van der Waals surface area contributed by atoms with Gasteiger partial charge in [0, 0.05) is 6.42 Å².